The van der Waals surface area contributed by atoms with Crippen molar-refractivity contribution in [1.29, 1.82) is 0 Å². The first-order valence-electron chi connectivity index (χ1n) is 12.5. The highest BCUT2D eigenvalue weighted by Crippen LogP contribution is 2.27. The molecule has 4 aromatic rings. The molecule has 1 aliphatic heterocycles. The van der Waals surface area contributed by atoms with Crippen LogP contribution < -0.4 is 4.80 Å². The number of thiazole rings is 1. The molecular weight excluding hydrogens is 486 g/mol. The van der Waals surface area contributed by atoms with E-state index in [1.165, 1.54) is 5.56 Å². The largest absolute Gasteiger partial charge is 0.316 e. The van der Waals surface area contributed by atoms with Crippen LogP contribution in [0.1, 0.15) is 31.2 Å². The summed E-state index contributed by atoms with van der Waals surface area (Å²) < 4.78 is 30.8. The first kappa shape index (κ1) is 24.7. The zero-order chi connectivity index (χ0) is 24.8. The number of hydrogen-bond donors (Lipinski definition) is 0. The summed E-state index contributed by atoms with van der Waals surface area (Å²) in [5.41, 5.74) is 4.03. The van der Waals surface area contributed by atoms with Crippen molar-refractivity contribution in [2.75, 3.05) is 13.1 Å². The lowest BCUT2D eigenvalue weighted by atomic mass is 10.1. The Morgan fingerprint density at radius 3 is 2.22 bits per heavy atom. The molecule has 1 saturated heterocycles. The lowest BCUT2D eigenvalue weighted by molar-refractivity contribution is 0.424. The van der Waals surface area contributed by atoms with Crippen molar-refractivity contribution < 1.29 is 8.42 Å². The van der Waals surface area contributed by atoms with Crippen molar-refractivity contribution in [2.24, 2.45) is 4.99 Å². The molecule has 0 amide bonds. The highest BCUT2D eigenvalue weighted by Gasteiger charge is 2.25. The van der Waals surface area contributed by atoms with Gasteiger partial charge in [-0.05, 0) is 49.1 Å². The van der Waals surface area contributed by atoms with E-state index < -0.39 is 10.0 Å². The summed E-state index contributed by atoms with van der Waals surface area (Å²) in [5, 5.41) is 2.09. The maximum Gasteiger partial charge on any atom is 0.243 e. The van der Waals surface area contributed by atoms with Crippen molar-refractivity contribution >= 4 is 27.0 Å². The van der Waals surface area contributed by atoms with Crippen molar-refractivity contribution in [1.82, 2.24) is 8.87 Å². The molecule has 1 fully saturated rings. The Balaban J connectivity index is 1.53. The Bertz CT molecular complexity index is 1450. The Labute approximate surface area is 217 Å². The molecule has 0 bridgehead atoms. The van der Waals surface area contributed by atoms with Crippen LogP contribution in [0.15, 0.2) is 100 Å². The molecule has 36 heavy (non-hydrogen) atoms. The van der Waals surface area contributed by atoms with Crippen molar-refractivity contribution in [2.45, 2.75) is 43.5 Å². The molecule has 0 unspecified atom stereocenters. The number of aryl methyl sites for hydroxylation is 1. The molecule has 0 spiro atoms. The zero-order valence-electron chi connectivity index (χ0n) is 20.3. The summed E-state index contributed by atoms with van der Waals surface area (Å²) in [4.78, 5) is 6.17. The molecule has 5 rings (SSSR count). The Morgan fingerprint density at radius 2 is 1.50 bits per heavy atom. The standard InChI is InChI=1S/C29H31N3O2S2/c33-36(34,31-19-9-1-2-10-20-31)27-17-11-14-25(22-27)28-23-35-29(30-26-15-7-4-8-16-26)32(28)21-18-24-12-5-3-6-13-24/h3-8,11-17,22-23H,1-2,9-10,18-21H2. The molecule has 0 radical (unpaired) electrons. The third-order valence-corrected chi connectivity index (χ3v) is 9.34. The summed E-state index contributed by atoms with van der Waals surface area (Å²) in [7, 11) is -3.52. The minimum absolute atomic E-state index is 0.365. The topological polar surface area (TPSA) is 54.7 Å². The van der Waals surface area contributed by atoms with Gasteiger partial charge in [-0.25, -0.2) is 13.4 Å². The van der Waals surface area contributed by atoms with Gasteiger partial charge in [-0.15, -0.1) is 11.3 Å². The van der Waals surface area contributed by atoms with E-state index in [-0.39, 0.29) is 0 Å². The predicted octanol–water partition coefficient (Wildman–Crippen LogP) is 6.26. The SMILES string of the molecule is O=S(=O)(c1cccc(-c2csc(=Nc3ccccc3)n2CCc2ccccc2)c1)N1CCCCCC1. The minimum Gasteiger partial charge on any atom is -0.316 e. The highest BCUT2D eigenvalue weighted by molar-refractivity contribution is 7.89. The molecule has 0 saturated carbocycles. The quantitative estimate of drug-likeness (QED) is 0.291. The fourth-order valence-corrected chi connectivity index (χ4v) is 7.13. The second-order valence-corrected chi connectivity index (χ2v) is 11.9. The van der Waals surface area contributed by atoms with E-state index in [0.29, 0.717) is 18.0 Å². The number of para-hydroxylation sites is 1. The summed E-state index contributed by atoms with van der Waals surface area (Å²) in [6, 6.07) is 27.8. The lowest BCUT2D eigenvalue weighted by Crippen LogP contribution is -2.31. The van der Waals surface area contributed by atoms with Crippen LogP contribution >= 0.6 is 11.3 Å². The minimum atomic E-state index is -3.52. The van der Waals surface area contributed by atoms with Crippen LogP contribution in [0.5, 0.6) is 0 Å². The fraction of sp³-hybridized carbons (Fsp3) is 0.276. The molecule has 7 heteroatoms. The van der Waals surface area contributed by atoms with Gasteiger partial charge >= 0.3 is 0 Å². The van der Waals surface area contributed by atoms with Gasteiger partial charge in [-0.3, -0.25) is 0 Å². The van der Waals surface area contributed by atoms with E-state index in [4.69, 9.17) is 4.99 Å². The highest BCUT2D eigenvalue weighted by atomic mass is 32.2. The van der Waals surface area contributed by atoms with Gasteiger partial charge < -0.3 is 4.57 Å². The molecular formula is C29H31N3O2S2. The monoisotopic (exact) mass is 517 g/mol. The first-order valence-corrected chi connectivity index (χ1v) is 14.9. The van der Waals surface area contributed by atoms with Crippen LogP contribution in [-0.2, 0) is 23.0 Å². The van der Waals surface area contributed by atoms with Gasteiger partial charge in [-0.2, -0.15) is 4.31 Å². The number of aromatic nitrogens is 1. The summed E-state index contributed by atoms with van der Waals surface area (Å²) in [6.07, 6.45) is 4.89. The van der Waals surface area contributed by atoms with Gasteiger partial charge in [0.25, 0.3) is 0 Å². The number of nitrogens with zero attached hydrogens (tertiary/aromatic N) is 3. The smallest absolute Gasteiger partial charge is 0.243 e. The molecule has 5 nitrogen and oxygen atoms in total. The Hall–Kier alpha value is -3.00. The second-order valence-electron chi connectivity index (χ2n) is 9.08. The van der Waals surface area contributed by atoms with Gasteiger partial charge in [0.05, 0.1) is 16.3 Å². The number of sulfonamides is 1. The molecule has 1 aromatic heterocycles. The van der Waals surface area contributed by atoms with Crippen molar-refractivity contribution in [3.63, 3.8) is 0 Å². The summed E-state index contributed by atoms with van der Waals surface area (Å²) >= 11 is 1.58. The zero-order valence-corrected chi connectivity index (χ0v) is 21.9. The maximum atomic E-state index is 13.5. The first-order chi connectivity index (χ1) is 17.6. The van der Waals surface area contributed by atoms with E-state index in [1.54, 1.807) is 21.7 Å². The molecule has 0 N–H and O–H groups in total. The summed E-state index contributed by atoms with van der Waals surface area (Å²) in [5.74, 6) is 0. The predicted molar refractivity (Wildman–Crippen MR) is 147 cm³/mol. The van der Waals surface area contributed by atoms with Gasteiger partial charge in [-0.1, -0.05) is 73.5 Å². The number of hydrogen-bond acceptors (Lipinski definition) is 4. The van der Waals surface area contributed by atoms with E-state index in [2.05, 4.69) is 34.2 Å². The lowest BCUT2D eigenvalue weighted by Gasteiger charge is -2.20. The van der Waals surface area contributed by atoms with Crippen molar-refractivity contribution in [3.05, 3.63) is 101 Å². The van der Waals surface area contributed by atoms with Gasteiger partial charge in [0.2, 0.25) is 10.0 Å². The molecule has 186 valence electrons. The molecule has 1 aliphatic rings. The van der Waals surface area contributed by atoms with E-state index in [1.807, 2.05) is 54.6 Å². The molecule has 0 atom stereocenters. The normalized spacial score (nSPS) is 15.6. The molecule has 3 aromatic carbocycles. The van der Waals surface area contributed by atoms with E-state index in [9.17, 15) is 8.42 Å². The van der Waals surface area contributed by atoms with E-state index in [0.717, 1.165) is 60.4 Å². The average molecular weight is 518 g/mol. The Kier molecular flexibility index (Phi) is 7.80. The fourth-order valence-electron chi connectivity index (χ4n) is 4.61. The maximum absolute atomic E-state index is 13.5. The van der Waals surface area contributed by atoms with Gasteiger partial charge in [0.15, 0.2) is 4.80 Å². The third kappa shape index (κ3) is 5.69. The van der Waals surface area contributed by atoms with Crippen LogP contribution in [0.3, 0.4) is 0 Å². The summed E-state index contributed by atoms with van der Waals surface area (Å²) in [6.45, 7) is 1.95. The van der Waals surface area contributed by atoms with Crippen LogP contribution in [0.2, 0.25) is 0 Å². The molecule has 0 aliphatic carbocycles. The van der Waals surface area contributed by atoms with Crippen LogP contribution in [0, 0.1) is 0 Å². The van der Waals surface area contributed by atoms with Gasteiger partial charge in [0.1, 0.15) is 0 Å². The van der Waals surface area contributed by atoms with Crippen molar-refractivity contribution in [3.8, 4) is 11.3 Å². The van der Waals surface area contributed by atoms with Gasteiger partial charge in [0, 0.05) is 30.6 Å². The molecule has 2 heterocycles. The van der Waals surface area contributed by atoms with Crippen LogP contribution in [0.25, 0.3) is 11.3 Å². The second kappa shape index (κ2) is 11.4. The van der Waals surface area contributed by atoms with E-state index >= 15 is 0 Å². The average Bonchev–Trinajstić information content (AvgIpc) is 3.11. The number of benzene rings is 3. The Morgan fingerprint density at radius 1 is 0.806 bits per heavy atom. The third-order valence-electron chi connectivity index (χ3n) is 6.58. The number of rotatable bonds is 7. The van der Waals surface area contributed by atoms with Crippen LogP contribution in [-0.4, -0.2) is 30.4 Å². The van der Waals surface area contributed by atoms with Crippen LogP contribution in [0.4, 0.5) is 5.69 Å².